The van der Waals surface area contributed by atoms with Crippen LogP contribution in [0.15, 0.2) is 64.9 Å². The number of amides is 1. The van der Waals surface area contributed by atoms with Crippen molar-refractivity contribution >= 4 is 37.7 Å². The molecular weight excluding hydrogens is 450 g/mol. The summed E-state index contributed by atoms with van der Waals surface area (Å²) in [5.41, 5.74) is 1.00. The second-order valence-electron chi connectivity index (χ2n) is 7.70. The summed E-state index contributed by atoms with van der Waals surface area (Å²) >= 11 is 0. The summed E-state index contributed by atoms with van der Waals surface area (Å²) in [6.07, 6.45) is 2.26. The van der Waals surface area contributed by atoms with E-state index >= 15 is 0 Å². The number of rotatable bonds is 7. The molecule has 8 nitrogen and oxygen atoms in total. The van der Waals surface area contributed by atoms with Crippen molar-refractivity contribution in [3.63, 3.8) is 0 Å². The van der Waals surface area contributed by atoms with Crippen molar-refractivity contribution in [2.24, 2.45) is 5.92 Å². The molecule has 1 aliphatic heterocycles. The van der Waals surface area contributed by atoms with Gasteiger partial charge in [0.15, 0.2) is 0 Å². The molecule has 0 spiro atoms. The SMILES string of the molecule is CN(C)S(=O)(=O)c1ccccc1NC(=O)C1CCN(S(=O)(=O)/C=C/c2ccccc2)CC1. The lowest BCUT2D eigenvalue weighted by Crippen LogP contribution is -2.40. The van der Waals surface area contributed by atoms with E-state index in [1.165, 1.54) is 29.9 Å². The third-order valence-corrected chi connectivity index (χ3v) is 8.76. The Hall–Kier alpha value is -2.53. The van der Waals surface area contributed by atoms with E-state index in [4.69, 9.17) is 0 Å². The van der Waals surface area contributed by atoms with Gasteiger partial charge in [-0.25, -0.2) is 21.1 Å². The zero-order valence-electron chi connectivity index (χ0n) is 18.0. The lowest BCUT2D eigenvalue weighted by molar-refractivity contribution is -0.120. The van der Waals surface area contributed by atoms with Crippen molar-refractivity contribution in [1.82, 2.24) is 8.61 Å². The minimum atomic E-state index is -3.72. The first-order chi connectivity index (χ1) is 15.1. The molecular formula is C22H27N3O5S2. The van der Waals surface area contributed by atoms with Crippen LogP contribution in [0.4, 0.5) is 5.69 Å². The molecule has 0 aromatic heterocycles. The summed E-state index contributed by atoms with van der Waals surface area (Å²) in [5.74, 6) is -0.724. The normalized spacial score (nSPS) is 16.5. The standard InChI is InChI=1S/C22H27N3O5S2/c1-24(2)32(29,30)21-11-7-6-10-20(21)23-22(26)19-12-15-25(16-13-19)31(27,28)17-14-18-8-4-3-5-9-18/h3-11,14,17,19H,12-13,15-16H2,1-2H3,(H,23,26)/b17-14+. The predicted octanol–water partition coefficient (Wildman–Crippen LogP) is 2.59. The molecule has 1 fully saturated rings. The zero-order valence-corrected chi connectivity index (χ0v) is 19.6. The molecule has 0 bridgehead atoms. The van der Waals surface area contributed by atoms with E-state index in [9.17, 15) is 21.6 Å². The van der Waals surface area contributed by atoms with Gasteiger partial charge in [0, 0.05) is 38.5 Å². The van der Waals surface area contributed by atoms with E-state index < -0.39 is 26.0 Å². The van der Waals surface area contributed by atoms with E-state index in [2.05, 4.69) is 5.32 Å². The van der Waals surface area contributed by atoms with Crippen LogP contribution < -0.4 is 5.32 Å². The van der Waals surface area contributed by atoms with Gasteiger partial charge in [-0.1, -0.05) is 42.5 Å². The quantitative estimate of drug-likeness (QED) is 0.660. The lowest BCUT2D eigenvalue weighted by atomic mass is 9.97. The van der Waals surface area contributed by atoms with Crippen LogP contribution in [0.2, 0.25) is 0 Å². The number of para-hydroxylation sites is 1. The molecule has 1 amide bonds. The fourth-order valence-electron chi connectivity index (χ4n) is 3.41. The van der Waals surface area contributed by atoms with Gasteiger partial charge < -0.3 is 5.32 Å². The Kier molecular flexibility index (Phi) is 7.50. The van der Waals surface area contributed by atoms with Crippen molar-refractivity contribution in [2.75, 3.05) is 32.5 Å². The summed E-state index contributed by atoms with van der Waals surface area (Å²) in [5, 5.41) is 3.90. The number of hydrogen-bond donors (Lipinski definition) is 1. The number of hydrogen-bond acceptors (Lipinski definition) is 5. The molecule has 2 aromatic carbocycles. The molecule has 2 aromatic rings. The average Bonchev–Trinajstić information content (AvgIpc) is 2.78. The predicted molar refractivity (Wildman–Crippen MR) is 125 cm³/mol. The Bertz CT molecular complexity index is 1190. The minimum absolute atomic E-state index is 0.0180. The Morgan fingerprint density at radius 3 is 2.19 bits per heavy atom. The second kappa shape index (κ2) is 9.95. The summed E-state index contributed by atoms with van der Waals surface area (Å²) in [4.78, 5) is 12.8. The number of piperidine rings is 1. The van der Waals surface area contributed by atoms with Crippen molar-refractivity contribution < 1.29 is 21.6 Å². The topological polar surface area (TPSA) is 104 Å². The highest BCUT2D eigenvalue weighted by Crippen LogP contribution is 2.26. The molecule has 3 rings (SSSR count). The van der Waals surface area contributed by atoms with Gasteiger partial charge in [-0.2, -0.15) is 4.31 Å². The van der Waals surface area contributed by atoms with Gasteiger partial charge in [-0.3, -0.25) is 4.79 Å². The van der Waals surface area contributed by atoms with Gasteiger partial charge in [0.25, 0.3) is 0 Å². The van der Waals surface area contributed by atoms with Crippen LogP contribution in [-0.4, -0.2) is 58.5 Å². The molecule has 32 heavy (non-hydrogen) atoms. The van der Waals surface area contributed by atoms with Gasteiger partial charge in [-0.05, 0) is 36.6 Å². The largest absolute Gasteiger partial charge is 0.325 e. The van der Waals surface area contributed by atoms with Crippen LogP contribution in [0, 0.1) is 5.92 Å². The first-order valence-electron chi connectivity index (χ1n) is 10.2. The lowest BCUT2D eigenvalue weighted by Gasteiger charge is -2.29. The van der Waals surface area contributed by atoms with Crippen molar-refractivity contribution in [3.8, 4) is 0 Å². The van der Waals surface area contributed by atoms with Crippen molar-refractivity contribution in [2.45, 2.75) is 17.7 Å². The van der Waals surface area contributed by atoms with Crippen LogP contribution >= 0.6 is 0 Å². The Morgan fingerprint density at radius 1 is 0.969 bits per heavy atom. The number of carbonyl (C=O) groups excluding carboxylic acids is 1. The Balaban J connectivity index is 1.64. The molecule has 1 aliphatic rings. The van der Waals surface area contributed by atoms with Crippen LogP contribution in [0.1, 0.15) is 18.4 Å². The Labute approximate surface area is 189 Å². The van der Waals surface area contributed by atoms with Gasteiger partial charge in [-0.15, -0.1) is 0 Å². The fourth-order valence-corrected chi connectivity index (χ4v) is 5.68. The molecule has 1 saturated heterocycles. The maximum absolute atomic E-state index is 12.8. The monoisotopic (exact) mass is 477 g/mol. The molecule has 10 heteroatoms. The number of sulfonamides is 2. The van der Waals surface area contributed by atoms with E-state index in [0.717, 1.165) is 9.87 Å². The number of benzene rings is 2. The second-order valence-corrected chi connectivity index (χ2v) is 11.6. The summed E-state index contributed by atoms with van der Waals surface area (Å²) < 4.78 is 52.7. The smallest absolute Gasteiger partial charge is 0.244 e. The highest BCUT2D eigenvalue weighted by molar-refractivity contribution is 7.92. The van der Waals surface area contributed by atoms with E-state index in [1.54, 1.807) is 24.3 Å². The molecule has 0 unspecified atom stereocenters. The van der Waals surface area contributed by atoms with Gasteiger partial charge >= 0.3 is 0 Å². The third kappa shape index (κ3) is 5.63. The van der Waals surface area contributed by atoms with Crippen molar-refractivity contribution in [1.29, 1.82) is 0 Å². The number of carbonyl (C=O) groups is 1. The molecule has 172 valence electrons. The summed E-state index contributed by atoms with van der Waals surface area (Å²) in [6, 6.07) is 15.4. The van der Waals surface area contributed by atoms with E-state index in [-0.39, 0.29) is 29.6 Å². The maximum Gasteiger partial charge on any atom is 0.244 e. The highest BCUT2D eigenvalue weighted by atomic mass is 32.2. The zero-order chi connectivity index (χ0) is 23.4. The third-order valence-electron chi connectivity index (χ3n) is 5.32. The highest BCUT2D eigenvalue weighted by Gasteiger charge is 2.31. The number of anilines is 1. The number of nitrogens with zero attached hydrogens (tertiary/aromatic N) is 2. The van der Waals surface area contributed by atoms with E-state index in [0.29, 0.717) is 12.8 Å². The first-order valence-corrected chi connectivity index (χ1v) is 13.1. The number of nitrogens with one attached hydrogen (secondary N) is 1. The maximum atomic E-state index is 12.8. The fraction of sp³-hybridized carbons (Fsp3) is 0.318. The van der Waals surface area contributed by atoms with Crippen LogP contribution in [-0.2, 0) is 24.8 Å². The average molecular weight is 478 g/mol. The van der Waals surface area contributed by atoms with Crippen LogP contribution in [0.5, 0.6) is 0 Å². The molecule has 1 N–H and O–H groups in total. The van der Waals surface area contributed by atoms with Crippen LogP contribution in [0.25, 0.3) is 6.08 Å². The molecule has 1 heterocycles. The summed E-state index contributed by atoms with van der Waals surface area (Å²) in [7, 11) is -4.45. The minimum Gasteiger partial charge on any atom is -0.325 e. The van der Waals surface area contributed by atoms with Crippen molar-refractivity contribution in [3.05, 3.63) is 65.6 Å². The molecule has 0 radical (unpaired) electrons. The first kappa shape index (κ1) is 24.1. The Morgan fingerprint density at radius 2 is 1.56 bits per heavy atom. The molecule has 0 atom stereocenters. The van der Waals surface area contributed by atoms with Crippen LogP contribution in [0.3, 0.4) is 0 Å². The van der Waals surface area contributed by atoms with Gasteiger partial charge in [0.1, 0.15) is 4.90 Å². The molecule has 0 saturated carbocycles. The summed E-state index contributed by atoms with van der Waals surface area (Å²) in [6.45, 7) is 0.439. The van der Waals surface area contributed by atoms with Gasteiger partial charge in [0.2, 0.25) is 26.0 Å². The van der Waals surface area contributed by atoms with Gasteiger partial charge in [0.05, 0.1) is 5.69 Å². The molecule has 0 aliphatic carbocycles. The van der Waals surface area contributed by atoms with E-state index in [1.807, 2.05) is 30.3 Å².